The van der Waals surface area contributed by atoms with E-state index in [-0.39, 0.29) is 11.9 Å². The van der Waals surface area contributed by atoms with Crippen LogP contribution in [0.4, 0.5) is 17.6 Å². The zero-order valence-electron chi connectivity index (χ0n) is 18.7. The van der Waals surface area contributed by atoms with Gasteiger partial charge in [-0.2, -0.15) is 13.2 Å². The van der Waals surface area contributed by atoms with Gasteiger partial charge in [0.05, 0.1) is 31.0 Å². The van der Waals surface area contributed by atoms with Gasteiger partial charge in [-0.1, -0.05) is 18.2 Å². The van der Waals surface area contributed by atoms with Crippen molar-refractivity contribution in [2.45, 2.75) is 24.4 Å². The van der Waals surface area contributed by atoms with Gasteiger partial charge in [0.1, 0.15) is 11.6 Å². The number of benzene rings is 2. The molecule has 2 unspecified atom stereocenters. The van der Waals surface area contributed by atoms with Crippen LogP contribution in [0.5, 0.6) is 0 Å². The van der Waals surface area contributed by atoms with Crippen molar-refractivity contribution in [1.82, 2.24) is 14.0 Å². The molecule has 5 aromatic rings. The van der Waals surface area contributed by atoms with Crippen LogP contribution in [0.15, 0.2) is 79.3 Å². The van der Waals surface area contributed by atoms with Gasteiger partial charge >= 0.3 is 6.18 Å². The number of rotatable bonds is 6. The highest BCUT2D eigenvalue weighted by Crippen LogP contribution is 2.47. The summed E-state index contributed by atoms with van der Waals surface area (Å²) in [5.74, 6) is -0.0236. The van der Waals surface area contributed by atoms with Crippen molar-refractivity contribution in [3.63, 3.8) is 0 Å². The SMILES string of the molecule is OCC(O)Cn1cc(C(O)(c2ccn3c(-c4ccc(F)cc4)ncc3c2)C(F)(F)F)c2ccccc21. The highest BCUT2D eigenvalue weighted by molar-refractivity contribution is 5.86. The number of hydrogen-bond acceptors (Lipinski definition) is 4. The second-order valence-corrected chi connectivity index (χ2v) is 8.56. The zero-order valence-corrected chi connectivity index (χ0v) is 18.7. The standard InChI is InChI=1S/C26H21F4N3O3/c27-18-7-5-16(6-8-18)24-31-12-19-11-17(9-10-33(19)24)25(36,26(28,29)30)22-14-32(13-20(35)15-34)23-4-2-1-3-21(22)23/h1-12,14,20,34-36H,13,15H2. The van der Waals surface area contributed by atoms with Crippen LogP contribution in [-0.4, -0.2) is 48.2 Å². The minimum absolute atomic E-state index is 0.155. The van der Waals surface area contributed by atoms with Gasteiger partial charge in [0.25, 0.3) is 0 Å². The van der Waals surface area contributed by atoms with Crippen molar-refractivity contribution in [2.75, 3.05) is 6.61 Å². The molecule has 10 heteroatoms. The summed E-state index contributed by atoms with van der Waals surface area (Å²) >= 11 is 0. The average Bonchev–Trinajstić information content (AvgIpc) is 3.45. The molecule has 0 amide bonds. The molecule has 0 spiro atoms. The second kappa shape index (κ2) is 8.74. The Hall–Kier alpha value is -3.73. The number of aliphatic hydroxyl groups is 3. The van der Waals surface area contributed by atoms with Crippen LogP contribution in [0.3, 0.4) is 0 Å². The Morgan fingerprint density at radius 3 is 2.42 bits per heavy atom. The summed E-state index contributed by atoms with van der Waals surface area (Å²) in [6.07, 6.45) is -2.39. The van der Waals surface area contributed by atoms with E-state index in [9.17, 15) is 32.9 Å². The molecule has 3 heterocycles. The normalized spacial score (nSPS) is 14.9. The number of alkyl halides is 3. The van der Waals surface area contributed by atoms with Crippen molar-refractivity contribution in [3.05, 3.63) is 96.2 Å². The molecule has 3 aromatic heterocycles. The predicted molar refractivity (Wildman–Crippen MR) is 125 cm³/mol. The smallest absolute Gasteiger partial charge is 0.394 e. The highest BCUT2D eigenvalue weighted by atomic mass is 19.4. The Kier molecular flexibility index (Phi) is 5.82. The third-order valence-electron chi connectivity index (χ3n) is 6.26. The minimum Gasteiger partial charge on any atom is -0.394 e. The Morgan fingerprint density at radius 1 is 1.00 bits per heavy atom. The van der Waals surface area contributed by atoms with E-state index in [2.05, 4.69) is 4.98 Å². The maximum atomic E-state index is 14.6. The second-order valence-electron chi connectivity index (χ2n) is 8.56. The number of pyridine rings is 1. The van der Waals surface area contributed by atoms with Crippen LogP contribution in [0, 0.1) is 5.82 Å². The molecule has 0 aliphatic carbocycles. The van der Waals surface area contributed by atoms with E-state index >= 15 is 0 Å². The van der Waals surface area contributed by atoms with Gasteiger partial charge in [-0.15, -0.1) is 0 Å². The van der Waals surface area contributed by atoms with Gasteiger partial charge in [0.15, 0.2) is 0 Å². The molecule has 0 saturated heterocycles. The quantitative estimate of drug-likeness (QED) is 0.305. The van der Waals surface area contributed by atoms with Crippen LogP contribution in [-0.2, 0) is 12.1 Å². The summed E-state index contributed by atoms with van der Waals surface area (Å²) in [7, 11) is 0. The maximum absolute atomic E-state index is 14.6. The first-order valence-electron chi connectivity index (χ1n) is 11.0. The first-order valence-corrected chi connectivity index (χ1v) is 11.0. The average molecular weight is 499 g/mol. The lowest BCUT2D eigenvalue weighted by Crippen LogP contribution is -2.43. The molecule has 36 heavy (non-hydrogen) atoms. The zero-order chi connectivity index (χ0) is 25.7. The number of halogens is 4. The van der Waals surface area contributed by atoms with Gasteiger partial charge < -0.3 is 19.9 Å². The summed E-state index contributed by atoms with van der Waals surface area (Å²) in [5, 5.41) is 30.7. The number of nitrogens with zero attached hydrogens (tertiary/aromatic N) is 3. The van der Waals surface area contributed by atoms with Crippen LogP contribution in [0.1, 0.15) is 11.1 Å². The fraction of sp³-hybridized carbons (Fsp3) is 0.192. The van der Waals surface area contributed by atoms with Crippen LogP contribution >= 0.6 is 0 Å². The number of aromatic nitrogens is 3. The lowest BCUT2D eigenvalue weighted by molar-refractivity contribution is -0.247. The van der Waals surface area contributed by atoms with E-state index < -0.39 is 41.4 Å². The Bertz CT molecular complexity index is 1540. The highest BCUT2D eigenvalue weighted by Gasteiger charge is 2.57. The van der Waals surface area contributed by atoms with E-state index in [0.29, 0.717) is 22.4 Å². The summed E-state index contributed by atoms with van der Waals surface area (Å²) in [6.45, 7) is -0.729. The largest absolute Gasteiger partial charge is 0.425 e. The molecule has 6 nitrogen and oxygen atoms in total. The van der Waals surface area contributed by atoms with Crippen LogP contribution in [0.25, 0.3) is 27.8 Å². The van der Waals surface area contributed by atoms with Crippen molar-refractivity contribution >= 4 is 16.4 Å². The van der Waals surface area contributed by atoms with Crippen LogP contribution in [0.2, 0.25) is 0 Å². The fourth-order valence-corrected chi connectivity index (χ4v) is 4.48. The van der Waals surface area contributed by atoms with Crippen molar-refractivity contribution in [2.24, 2.45) is 0 Å². The van der Waals surface area contributed by atoms with Crippen molar-refractivity contribution < 1.29 is 32.9 Å². The first-order chi connectivity index (χ1) is 17.1. The molecule has 186 valence electrons. The van der Waals surface area contributed by atoms with Crippen molar-refractivity contribution in [3.8, 4) is 11.4 Å². The Labute approximate surface area is 202 Å². The molecule has 0 fully saturated rings. The van der Waals surface area contributed by atoms with E-state index in [1.165, 1.54) is 59.4 Å². The lowest BCUT2D eigenvalue weighted by Gasteiger charge is -2.31. The van der Waals surface area contributed by atoms with Gasteiger partial charge in [0.2, 0.25) is 5.60 Å². The monoisotopic (exact) mass is 499 g/mol. The Morgan fingerprint density at radius 2 is 1.72 bits per heavy atom. The van der Waals surface area contributed by atoms with E-state index in [1.807, 2.05) is 0 Å². The number of fused-ring (bicyclic) bond motifs is 2. The molecule has 0 aliphatic rings. The number of para-hydroxylation sites is 1. The molecule has 3 N–H and O–H groups in total. The van der Waals surface area contributed by atoms with E-state index in [1.54, 1.807) is 22.6 Å². The lowest BCUT2D eigenvalue weighted by atomic mass is 9.85. The topological polar surface area (TPSA) is 82.9 Å². The van der Waals surface area contributed by atoms with Gasteiger partial charge in [0, 0.05) is 40.0 Å². The number of imidazole rings is 1. The number of hydrogen-bond donors (Lipinski definition) is 3. The van der Waals surface area contributed by atoms with Gasteiger partial charge in [-0.05, 0) is 42.5 Å². The third-order valence-corrected chi connectivity index (χ3v) is 6.26. The molecule has 0 aliphatic heterocycles. The van der Waals surface area contributed by atoms with Crippen LogP contribution < -0.4 is 0 Å². The first kappa shape index (κ1) is 24.0. The maximum Gasteiger partial charge on any atom is 0.425 e. The van der Waals surface area contributed by atoms with Crippen molar-refractivity contribution in [1.29, 1.82) is 0 Å². The summed E-state index contributed by atoms with van der Waals surface area (Å²) in [5.41, 5.74) is -2.97. The molecular weight excluding hydrogens is 478 g/mol. The molecule has 0 radical (unpaired) electrons. The van der Waals surface area contributed by atoms with E-state index in [4.69, 9.17) is 0 Å². The minimum atomic E-state index is -5.10. The van der Waals surface area contributed by atoms with Gasteiger partial charge in [-0.3, -0.25) is 4.40 Å². The third kappa shape index (κ3) is 3.83. The summed E-state index contributed by atoms with van der Waals surface area (Å²) < 4.78 is 60.2. The van der Waals surface area contributed by atoms with Gasteiger partial charge in [-0.25, -0.2) is 9.37 Å². The summed E-state index contributed by atoms with van der Waals surface area (Å²) in [4.78, 5) is 4.27. The molecule has 2 atom stereocenters. The molecule has 0 bridgehead atoms. The fourth-order valence-electron chi connectivity index (χ4n) is 4.48. The molecule has 5 rings (SSSR count). The predicted octanol–water partition coefficient (Wildman–Crippen LogP) is 4.25. The summed E-state index contributed by atoms with van der Waals surface area (Å²) in [6, 6.07) is 14.2. The molecule has 2 aromatic carbocycles. The van der Waals surface area contributed by atoms with E-state index in [0.717, 1.165) is 6.20 Å². The molecular formula is C26H21F4N3O3. The number of aliphatic hydroxyl groups excluding tert-OH is 2. The molecule has 0 saturated carbocycles. The Balaban J connectivity index is 1.68.